The molecule has 0 amide bonds. The molecule has 0 aromatic heterocycles. The van der Waals surface area contributed by atoms with Crippen molar-refractivity contribution in [2.45, 2.75) is 19.8 Å². The number of rotatable bonds is 3. The third-order valence-corrected chi connectivity index (χ3v) is 2.10. The van der Waals surface area contributed by atoms with E-state index in [1.165, 1.54) is 6.07 Å². The maximum Gasteiger partial charge on any atom is 0.228 e. The van der Waals surface area contributed by atoms with Gasteiger partial charge in [-0.2, -0.15) is 0 Å². The highest BCUT2D eigenvalue weighted by Gasteiger charge is 2.20. The molecule has 1 aromatic carbocycles. The third kappa shape index (κ3) is 2.09. The number of hydrogen-bond donors (Lipinski definition) is 0. The molecule has 15 heavy (non-hydrogen) atoms. The minimum absolute atomic E-state index is 0.0102. The second-order valence-corrected chi connectivity index (χ2v) is 3.46. The van der Waals surface area contributed by atoms with Crippen LogP contribution in [-0.2, 0) is 4.79 Å². The van der Waals surface area contributed by atoms with Gasteiger partial charge in [-0.1, -0.05) is 19.9 Å². The van der Waals surface area contributed by atoms with Crippen molar-refractivity contribution < 1.29 is 18.4 Å². The minimum Gasteiger partial charge on any atom is -0.294 e. The standard InChI is InChI=1S/C11H10F2O2/c1-6(2)7-3-4-8(12)11(13)10(7)9(15)5-14/h3-6H,1-2H3. The van der Waals surface area contributed by atoms with E-state index in [0.29, 0.717) is 5.56 Å². The highest BCUT2D eigenvalue weighted by Crippen LogP contribution is 2.23. The molecule has 0 aliphatic heterocycles. The van der Waals surface area contributed by atoms with Crippen LogP contribution in [0, 0.1) is 11.6 Å². The van der Waals surface area contributed by atoms with E-state index in [0.717, 1.165) is 6.07 Å². The number of benzene rings is 1. The van der Waals surface area contributed by atoms with Gasteiger partial charge in [-0.3, -0.25) is 9.59 Å². The quantitative estimate of drug-likeness (QED) is 0.438. The van der Waals surface area contributed by atoms with Crippen molar-refractivity contribution in [3.8, 4) is 0 Å². The summed E-state index contributed by atoms with van der Waals surface area (Å²) in [5.74, 6) is -3.56. The van der Waals surface area contributed by atoms with Crippen LogP contribution >= 0.6 is 0 Å². The maximum atomic E-state index is 13.3. The molecule has 0 saturated carbocycles. The molecule has 4 heteroatoms. The van der Waals surface area contributed by atoms with Crippen molar-refractivity contribution in [3.05, 3.63) is 34.9 Å². The highest BCUT2D eigenvalue weighted by molar-refractivity contribution is 6.33. The minimum atomic E-state index is -1.25. The number of Topliss-reactive ketones (excluding diaryl/α,β-unsaturated/α-hetero) is 1. The summed E-state index contributed by atoms with van der Waals surface area (Å²) in [4.78, 5) is 21.4. The molecule has 0 fully saturated rings. The molecule has 0 unspecified atom stereocenters. The molecule has 2 nitrogen and oxygen atoms in total. The first kappa shape index (κ1) is 11.5. The van der Waals surface area contributed by atoms with Gasteiger partial charge in [0.05, 0.1) is 5.56 Å². The van der Waals surface area contributed by atoms with E-state index < -0.39 is 23.0 Å². The SMILES string of the molecule is CC(C)c1ccc(F)c(F)c1C(=O)C=O. The zero-order valence-corrected chi connectivity index (χ0v) is 8.38. The number of ketones is 1. The van der Waals surface area contributed by atoms with Crippen molar-refractivity contribution >= 4 is 12.1 Å². The molecule has 0 aliphatic carbocycles. The topological polar surface area (TPSA) is 34.1 Å². The van der Waals surface area contributed by atoms with Gasteiger partial charge >= 0.3 is 0 Å². The molecule has 1 aromatic rings. The number of aldehydes is 1. The van der Waals surface area contributed by atoms with Gasteiger partial charge in [0, 0.05) is 0 Å². The van der Waals surface area contributed by atoms with Crippen LogP contribution in [-0.4, -0.2) is 12.1 Å². The number of carbonyl (C=O) groups is 2. The van der Waals surface area contributed by atoms with Crippen LogP contribution in [0.2, 0.25) is 0 Å². The number of halogens is 2. The van der Waals surface area contributed by atoms with Crippen LogP contribution in [0.5, 0.6) is 0 Å². The van der Waals surface area contributed by atoms with Crippen LogP contribution in [0.4, 0.5) is 8.78 Å². The first-order chi connectivity index (χ1) is 6.99. The summed E-state index contributed by atoms with van der Waals surface area (Å²) in [5.41, 5.74) is -0.119. The average Bonchev–Trinajstić information content (AvgIpc) is 2.20. The second kappa shape index (κ2) is 4.29. The van der Waals surface area contributed by atoms with E-state index in [4.69, 9.17) is 0 Å². The Morgan fingerprint density at radius 3 is 2.40 bits per heavy atom. The van der Waals surface area contributed by atoms with Crippen molar-refractivity contribution in [1.82, 2.24) is 0 Å². The van der Waals surface area contributed by atoms with Gasteiger partial charge in [-0.15, -0.1) is 0 Å². The van der Waals surface area contributed by atoms with Crippen LogP contribution in [0.25, 0.3) is 0 Å². The Hall–Kier alpha value is -1.58. The highest BCUT2D eigenvalue weighted by atomic mass is 19.2. The number of hydrogen-bond acceptors (Lipinski definition) is 2. The predicted molar refractivity (Wildman–Crippen MR) is 50.8 cm³/mol. The van der Waals surface area contributed by atoms with E-state index in [9.17, 15) is 18.4 Å². The maximum absolute atomic E-state index is 13.3. The van der Waals surface area contributed by atoms with E-state index in [1.807, 2.05) is 0 Å². The largest absolute Gasteiger partial charge is 0.294 e. The van der Waals surface area contributed by atoms with Gasteiger partial charge in [0.15, 0.2) is 17.9 Å². The average molecular weight is 212 g/mol. The molecule has 0 radical (unpaired) electrons. The lowest BCUT2D eigenvalue weighted by atomic mass is 9.94. The molecule has 0 saturated heterocycles. The fourth-order valence-corrected chi connectivity index (χ4v) is 1.36. The zero-order chi connectivity index (χ0) is 11.6. The van der Waals surface area contributed by atoms with E-state index >= 15 is 0 Å². The summed E-state index contributed by atoms with van der Waals surface area (Å²) in [7, 11) is 0. The van der Waals surface area contributed by atoms with E-state index in [-0.39, 0.29) is 12.2 Å². The van der Waals surface area contributed by atoms with E-state index in [2.05, 4.69) is 0 Å². The Kier molecular flexibility index (Phi) is 3.29. The summed E-state index contributed by atoms with van der Waals surface area (Å²) in [6.07, 6.45) is -0.0102. The Morgan fingerprint density at radius 1 is 1.33 bits per heavy atom. The first-order valence-corrected chi connectivity index (χ1v) is 4.46. The van der Waals surface area contributed by atoms with Gasteiger partial charge in [-0.05, 0) is 17.5 Å². The molecule has 0 spiro atoms. The molecule has 0 aliphatic rings. The monoisotopic (exact) mass is 212 g/mol. The smallest absolute Gasteiger partial charge is 0.228 e. The van der Waals surface area contributed by atoms with Gasteiger partial charge in [0.1, 0.15) is 0 Å². The summed E-state index contributed by atoms with van der Waals surface area (Å²) in [6, 6.07) is 2.27. The van der Waals surface area contributed by atoms with E-state index in [1.54, 1.807) is 13.8 Å². The lowest BCUT2D eigenvalue weighted by Gasteiger charge is -2.10. The van der Waals surface area contributed by atoms with Crippen LogP contribution in [0.15, 0.2) is 12.1 Å². The van der Waals surface area contributed by atoms with Gasteiger partial charge in [0.25, 0.3) is 0 Å². The molecule has 0 heterocycles. The summed E-state index contributed by atoms with van der Waals surface area (Å²) < 4.78 is 26.2. The van der Waals surface area contributed by atoms with Gasteiger partial charge in [0.2, 0.25) is 5.78 Å². The predicted octanol–water partition coefficient (Wildman–Crippen LogP) is 2.47. The molecule has 1 rings (SSSR count). The molecule has 0 atom stereocenters. The van der Waals surface area contributed by atoms with Crippen molar-refractivity contribution in [2.24, 2.45) is 0 Å². The zero-order valence-electron chi connectivity index (χ0n) is 8.38. The van der Waals surface area contributed by atoms with Gasteiger partial charge < -0.3 is 0 Å². The first-order valence-electron chi connectivity index (χ1n) is 4.46. The molecular weight excluding hydrogens is 202 g/mol. The van der Waals surface area contributed by atoms with Crippen molar-refractivity contribution in [1.29, 1.82) is 0 Å². The molecular formula is C11H10F2O2. The van der Waals surface area contributed by atoms with Crippen LogP contribution in [0.1, 0.15) is 35.7 Å². The molecule has 0 N–H and O–H groups in total. The lowest BCUT2D eigenvalue weighted by molar-refractivity contribution is -0.104. The van der Waals surface area contributed by atoms with Gasteiger partial charge in [-0.25, -0.2) is 8.78 Å². The fourth-order valence-electron chi connectivity index (χ4n) is 1.36. The van der Waals surface area contributed by atoms with Crippen molar-refractivity contribution in [3.63, 3.8) is 0 Å². The lowest BCUT2D eigenvalue weighted by Crippen LogP contribution is -2.10. The molecule has 80 valence electrons. The van der Waals surface area contributed by atoms with Crippen LogP contribution in [0.3, 0.4) is 0 Å². The summed E-state index contributed by atoms with van der Waals surface area (Å²) in [5, 5.41) is 0. The van der Waals surface area contributed by atoms with Crippen LogP contribution < -0.4 is 0 Å². The summed E-state index contributed by atoms with van der Waals surface area (Å²) >= 11 is 0. The van der Waals surface area contributed by atoms with Crippen molar-refractivity contribution in [2.75, 3.05) is 0 Å². The second-order valence-electron chi connectivity index (χ2n) is 3.46. The Balaban J connectivity index is 3.48. The summed E-state index contributed by atoms with van der Waals surface area (Å²) in [6.45, 7) is 3.46. The molecule has 0 bridgehead atoms. The number of carbonyl (C=O) groups excluding carboxylic acids is 2. The third-order valence-electron chi connectivity index (χ3n) is 2.10. The Labute approximate surface area is 85.9 Å². The Morgan fingerprint density at radius 2 is 1.93 bits per heavy atom. The fraction of sp³-hybridized carbons (Fsp3) is 0.273. The normalized spacial score (nSPS) is 10.5. The Bertz CT molecular complexity index is 411.